The van der Waals surface area contributed by atoms with Crippen molar-refractivity contribution in [2.75, 3.05) is 29.7 Å². The molecule has 1 atom stereocenters. The highest BCUT2D eigenvalue weighted by molar-refractivity contribution is 7.90. The lowest BCUT2D eigenvalue weighted by molar-refractivity contribution is 0.343. The normalized spacial score (nSPS) is 18.8. The van der Waals surface area contributed by atoms with Crippen LogP contribution in [0.5, 0.6) is 0 Å². The Bertz CT molecular complexity index is 1480. The summed E-state index contributed by atoms with van der Waals surface area (Å²) in [5.74, 6) is -1.38. The number of rotatable bonds is 7. The average molecular weight is 509 g/mol. The molecule has 35 heavy (non-hydrogen) atoms. The van der Waals surface area contributed by atoms with Crippen molar-refractivity contribution in [2.24, 2.45) is 13.0 Å². The maximum Gasteiger partial charge on any atom is 0.301 e. The van der Waals surface area contributed by atoms with Gasteiger partial charge in [-0.05, 0) is 43.4 Å². The molecule has 13 heteroatoms. The molecule has 0 radical (unpaired) electrons. The lowest BCUT2D eigenvalue weighted by Crippen LogP contribution is -2.34. The van der Waals surface area contributed by atoms with Gasteiger partial charge in [0.25, 0.3) is 5.56 Å². The summed E-state index contributed by atoms with van der Waals surface area (Å²) in [6.45, 7) is 0.308. The number of nitrogens with zero attached hydrogens (tertiary/aromatic N) is 4. The van der Waals surface area contributed by atoms with Crippen molar-refractivity contribution in [2.45, 2.75) is 25.4 Å². The van der Waals surface area contributed by atoms with Gasteiger partial charge in [-0.1, -0.05) is 0 Å². The van der Waals surface area contributed by atoms with E-state index in [9.17, 15) is 22.0 Å². The first-order chi connectivity index (χ1) is 16.6. The molecule has 3 aromatic rings. The molecule has 186 valence electrons. The van der Waals surface area contributed by atoms with Crippen LogP contribution in [0, 0.1) is 17.6 Å². The number of hydrogen-bond acceptors (Lipinski definition) is 6. The Kier molecular flexibility index (Phi) is 5.91. The minimum Gasteiger partial charge on any atom is -0.354 e. The molecule has 2 N–H and O–H groups in total. The summed E-state index contributed by atoms with van der Waals surface area (Å²) >= 11 is 0. The van der Waals surface area contributed by atoms with Gasteiger partial charge in [-0.2, -0.15) is 17.7 Å². The molecular formula is C22H23F3N6O3S. The molecular weight excluding hydrogens is 485 g/mol. The molecule has 1 saturated heterocycles. The van der Waals surface area contributed by atoms with E-state index < -0.39 is 44.8 Å². The van der Waals surface area contributed by atoms with Gasteiger partial charge < -0.3 is 5.32 Å². The van der Waals surface area contributed by atoms with Crippen molar-refractivity contribution in [3.8, 4) is 11.1 Å². The van der Waals surface area contributed by atoms with Crippen LogP contribution in [-0.2, 0) is 17.3 Å². The monoisotopic (exact) mass is 508 g/mol. The summed E-state index contributed by atoms with van der Waals surface area (Å²) in [7, 11) is -2.85. The van der Waals surface area contributed by atoms with Crippen molar-refractivity contribution in [3.63, 3.8) is 0 Å². The van der Waals surface area contributed by atoms with Gasteiger partial charge >= 0.3 is 10.2 Å². The third kappa shape index (κ3) is 4.57. The Morgan fingerprint density at radius 3 is 2.66 bits per heavy atom. The Labute approximate surface area is 199 Å². The number of fused-ring (bicyclic) bond motifs is 1. The molecule has 2 fully saturated rings. The lowest BCUT2D eigenvalue weighted by atomic mass is 10.0. The van der Waals surface area contributed by atoms with Gasteiger partial charge in [-0.25, -0.2) is 18.2 Å². The van der Waals surface area contributed by atoms with Gasteiger partial charge in [0.15, 0.2) is 5.82 Å². The van der Waals surface area contributed by atoms with E-state index in [0.717, 1.165) is 40.4 Å². The molecule has 9 nitrogen and oxygen atoms in total. The molecule has 1 saturated carbocycles. The number of pyridine rings is 1. The smallest absolute Gasteiger partial charge is 0.301 e. The fourth-order valence-corrected chi connectivity index (χ4v) is 5.32. The molecule has 2 aromatic heterocycles. The van der Waals surface area contributed by atoms with Crippen molar-refractivity contribution in [1.29, 1.82) is 0 Å². The number of aromatic nitrogens is 3. The highest BCUT2D eigenvalue weighted by Crippen LogP contribution is 2.32. The lowest BCUT2D eigenvalue weighted by Gasteiger charge is -2.18. The molecule has 1 aliphatic carbocycles. The van der Waals surface area contributed by atoms with E-state index in [1.54, 1.807) is 0 Å². The van der Waals surface area contributed by atoms with Crippen LogP contribution >= 0.6 is 0 Å². The van der Waals surface area contributed by atoms with Crippen LogP contribution in [0.4, 0.5) is 24.8 Å². The van der Waals surface area contributed by atoms with Gasteiger partial charge in [-0.3, -0.25) is 14.1 Å². The first kappa shape index (κ1) is 23.5. The van der Waals surface area contributed by atoms with Gasteiger partial charge in [0.2, 0.25) is 5.95 Å². The molecule has 2 aliphatic rings. The number of hydrogen-bond donors (Lipinski definition) is 2. The zero-order chi connectivity index (χ0) is 24.9. The summed E-state index contributed by atoms with van der Waals surface area (Å²) < 4.78 is 72.9. The summed E-state index contributed by atoms with van der Waals surface area (Å²) in [6, 6.07) is 3.06. The Morgan fingerprint density at radius 1 is 1.20 bits per heavy atom. The fourth-order valence-electron chi connectivity index (χ4n) is 4.06. The molecule has 0 spiro atoms. The maximum absolute atomic E-state index is 15.4. The Balaban J connectivity index is 1.53. The van der Waals surface area contributed by atoms with Crippen molar-refractivity contribution < 1.29 is 21.6 Å². The molecule has 0 bridgehead atoms. The fraction of sp³-hybridized carbons (Fsp3) is 0.409. The SMILES string of the molecule is Cn1c(=O)c(-c2c(F)ccc(NS(=O)(=O)N3CCC(F)C3)c2F)cc2cnc(NCC3CC3)nc21. The molecule has 1 unspecified atom stereocenters. The second-order valence-corrected chi connectivity index (χ2v) is 10.5. The third-order valence-electron chi connectivity index (χ3n) is 6.23. The molecule has 3 heterocycles. The number of halogens is 3. The zero-order valence-electron chi connectivity index (χ0n) is 18.8. The average Bonchev–Trinajstić information content (AvgIpc) is 3.55. The Hall–Kier alpha value is -3.19. The van der Waals surface area contributed by atoms with Crippen LogP contribution in [0.3, 0.4) is 0 Å². The minimum atomic E-state index is -4.27. The quantitative estimate of drug-likeness (QED) is 0.508. The summed E-state index contributed by atoms with van der Waals surface area (Å²) in [6.07, 6.45) is 2.45. The predicted octanol–water partition coefficient (Wildman–Crippen LogP) is 2.80. The first-order valence-corrected chi connectivity index (χ1v) is 12.6. The summed E-state index contributed by atoms with van der Waals surface area (Å²) in [5.41, 5.74) is -2.00. The summed E-state index contributed by atoms with van der Waals surface area (Å²) in [4.78, 5) is 21.7. The van der Waals surface area contributed by atoms with E-state index in [-0.39, 0.29) is 30.7 Å². The number of aryl methyl sites for hydroxylation is 1. The van der Waals surface area contributed by atoms with Crippen LogP contribution in [0.1, 0.15) is 19.3 Å². The van der Waals surface area contributed by atoms with Gasteiger partial charge in [0.05, 0.1) is 16.8 Å². The molecule has 0 amide bonds. The predicted molar refractivity (Wildman–Crippen MR) is 125 cm³/mol. The zero-order valence-corrected chi connectivity index (χ0v) is 19.6. The van der Waals surface area contributed by atoms with Crippen LogP contribution in [0.2, 0.25) is 0 Å². The Morgan fingerprint density at radius 2 is 1.97 bits per heavy atom. The van der Waals surface area contributed by atoms with E-state index in [1.807, 2.05) is 4.72 Å². The molecule has 1 aromatic carbocycles. The van der Waals surface area contributed by atoms with Gasteiger partial charge in [0, 0.05) is 38.3 Å². The third-order valence-corrected chi connectivity index (χ3v) is 7.72. The number of nitrogens with one attached hydrogen (secondary N) is 2. The highest BCUT2D eigenvalue weighted by Gasteiger charge is 2.32. The van der Waals surface area contributed by atoms with Crippen LogP contribution < -0.4 is 15.6 Å². The maximum atomic E-state index is 15.4. The number of alkyl halides is 1. The second-order valence-electron chi connectivity index (χ2n) is 8.85. The van der Waals surface area contributed by atoms with Crippen LogP contribution in [-0.4, -0.2) is 53.1 Å². The van der Waals surface area contributed by atoms with Crippen molar-refractivity contribution in [1.82, 2.24) is 18.8 Å². The largest absolute Gasteiger partial charge is 0.354 e. The first-order valence-electron chi connectivity index (χ1n) is 11.1. The van der Waals surface area contributed by atoms with E-state index in [0.29, 0.717) is 17.3 Å². The van der Waals surface area contributed by atoms with Crippen LogP contribution in [0.15, 0.2) is 29.2 Å². The second kappa shape index (κ2) is 8.79. The minimum absolute atomic E-state index is 0.0328. The van der Waals surface area contributed by atoms with E-state index in [2.05, 4.69) is 15.3 Å². The molecule has 5 rings (SSSR count). The topological polar surface area (TPSA) is 109 Å². The highest BCUT2D eigenvalue weighted by atomic mass is 32.2. The van der Waals surface area contributed by atoms with Crippen LogP contribution in [0.25, 0.3) is 22.2 Å². The number of benzene rings is 1. The number of anilines is 2. The van der Waals surface area contributed by atoms with Crippen molar-refractivity contribution in [3.05, 3.63) is 46.4 Å². The van der Waals surface area contributed by atoms with Crippen molar-refractivity contribution >= 4 is 32.9 Å². The van der Waals surface area contributed by atoms with Gasteiger partial charge in [0.1, 0.15) is 17.6 Å². The summed E-state index contributed by atoms with van der Waals surface area (Å²) in [5, 5.41) is 3.49. The van der Waals surface area contributed by atoms with E-state index in [4.69, 9.17) is 0 Å². The van der Waals surface area contributed by atoms with Gasteiger partial charge in [-0.15, -0.1) is 0 Å². The molecule has 1 aliphatic heterocycles. The van der Waals surface area contributed by atoms with E-state index in [1.165, 1.54) is 19.3 Å². The standard InChI is InChI=1S/C22H23F3N6O3S/c1-30-20-13(10-27-22(28-20)26-9-12-2-3-12)8-15(21(30)32)18-16(24)4-5-17(19(18)25)29-35(33,34)31-7-6-14(23)11-31/h4-5,8,10,12,14,29H,2-3,6-7,9,11H2,1H3,(H,26,27,28). The van der Waals surface area contributed by atoms with E-state index >= 15 is 4.39 Å².